The predicted molar refractivity (Wildman–Crippen MR) is 66.7 cm³/mol. The summed E-state index contributed by atoms with van der Waals surface area (Å²) < 4.78 is 0. The smallest absolute Gasteiger partial charge is 0.272 e. The molecule has 0 unspecified atom stereocenters. The van der Waals surface area contributed by atoms with Gasteiger partial charge in [-0.25, -0.2) is 5.43 Å². The number of nitrogens with zero attached hydrogens (tertiary/aromatic N) is 3. The monoisotopic (exact) mass is 241 g/mol. The molecule has 90 valence electrons. The van der Waals surface area contributed by atoms with Crippen LogP contribution in [0.5, 0.6) is 0 Å². The van der Waals surface area contributed by atoms with Gasteiger partial charge in [0.25, 0.3) is 5.91 Å². The predicted octanol–water partition coefficient (Wildman–Crippen LogP) is 0.527. The molecule has 0 radical (unpaired) electrons. The summed E-state index contributed by atoms with van der Waals surface area (Å²) in [6.45, 7) is 0. The second kappa shape index (κ2) is 5.53. The van der Waals surface area contributed by atoms with Gasteiger partial charge in [0.1, 0.15) is 0 Å². The standard InChI is InChI=1S/C12H11N5O/c13-11(9-3-1-5-14-7-9)16-17-12(18)10-4-2-6-15-8-10/h1-8H,(H2,13,16)(H,17,18). The molecule has 0 fully saturated rings. The Hall–Kier alpha value is -2.76. The van der Waals surface area contributed by atoms with Crippen LogP contribution < -0.4 is 11.2 Å². The number of carbonyl (C=O) groups excluding carboxylic acids is 1. The lowest BCUT2D eigenvalue weighted by Gasteiger charge is -2.01. The van der Waals surface area contributed by atoms with Crippen molar-refractivity contribution in [1.82, 2.24) is 15.4 Å². The fourth-order valence-electron chi connectivity index (χ4n) is 1.25. The molecule has 6 heteroatoms. The molecule has 0 saturated carbocycles. The van der Waals surface area contributed by atoms with E-state index in [4.69, 9.17) is 5.73 Å². The highest BCUT2D eigenvalue weighted by molar-refractivity contribution is 5.99. The third kappa shape index (κ3) is 2.88. The minimum atomic E-state index is -0.366. The van der Waals surface area contributed by atoms with E-state index in [1.165, 1.54) is 6.20 Å². The minimum Gasteiger partial charge on any atom is -0.382 e. The zero-order chi connectivity index (χ0) is 12.8. The molecule has 2 aromatic heterocycles. The topological polar surface area (TPSA) is 93.3 Å². The molecular weight excluding hydrogens is 230 g/mol. The number of amides is 1. The Kier molecular flexibility index (Phi) is 3.60. The molecule has 0 aromatic carbocycles. The Balaban J connectivity index is 2.05. The lowest BCUT2D eigenvalue weighted by atomic mass is 10.3. The highest BCUT2D eigenvalue weighted by Gasteiger charge is 2.04. The van der Waals surface area contributed by atoms with Gasteiger partial charge in [-0.2, -0.15) is 5.10 Å². The summed E-state index contributed by atoms with van der Waals surface area (Å²) in [6, 6.07) is 6.80. The number of pyridine rings is 2. The minimum absolute atomic E-state index is 0.195. The Morgan fingerprint density at radius 2 is 1.72 bits per heavy atom. The third-order valence-electron chi connectivity index (χ3n) is 2.16. The molecule has 0 aliphatic carbocycles. The molecule has 3 N–H and O–H groups in total. The van der Waals surface area contributed by atoms with Gasteiger partial charge in [0.05, 0.1) is 5.56 Å². The van der Waals surface area contributed by atoms with E-state index in [2.05, 4.69) is 20.5 Å². The van der Waals surface area contributed by atoms with E-state index < -0.39 is 0 Å². The van der Waals surface area contributed by atoms with Crippen LogP contribution in [0.1, 0.15) is 15.9 Å². The normalized spacial score (nSPS) is 11.0. The van der Waals surface area contributed by atoms with Crippen molar-refractivity contribution in [3.8, 4) is 0 Å². The first-order chi connectivity index (χ1) is 8.77. The summed E-state index contributed by atoms with van der Waals surface area (Å²) in [5, 5.41) is 3.80. The molecule has 0 bridgehead atoms. The van der Waals surface area contributed by atoms with E-state index >= 15 is 0 Å². The number of nitrogens with one attached hydrogen (secondary N) is 1. The number of hydrogen-bond donors (Lipinski definition) is 2. The third-order valence-corrected chi connectivity index (χ3v) is 2.16. The van der Waals surface area contributed by atoms with Gasteiger partial charge in [-0.3, -0.25) is 14.8 Å². The number of nitrogens with two attached hydrogens (primary N) is 1. The Bertz CT molecular complexity index is 553. The van der Waals surface area contributed by atoms with Crippen molar-refractivity contribution in [3.05, 3.63) is 60.2 Å². The zero-order valence-electron chi connectivity index (χ0n) is 9.45. The maximum Gasteiger partial charge on any atom is 0.272 e. The van der Waals surface area contributed by atoms with Crippen molar-refractivity contribution in [2.45, 2.75) is 0 Å². The van der Waals surface area contributed by atoms with E-state index in [1.54, 1.807) is 42.9 Å². The molecule has 6 nitrogen and oxygen atoms in total. The molecule has 0 spiro atoms. The van der Waals surface area contributed by atoms with Crippen LogP contribution in [0.3, 0.4) is 0 Å². The van der Waals surface area contributed by atoms with E-state index in [-0.39, 0.29) is 11.7 Å². The zero-order valence-corrected chi connectivity index (χ0v) is 9.45. The summed E-state index contributed by atoms with van der Waals surface area (Å²) in [7, 11) is 0. The molecule has 1 amide bonds. The van der Waals surface area contributed by atoms with Gasteiger partial charge < -0.3 is 5.73 Å². The average molecular weight is 241 g/mol. The van der Waals surface area contributed by atoms with Gasteiger partial charge >= 0.3 is 0 Å². The Morgan fingerprint density at radius 3 is 2.28 bits per heavy atom. The number of aromatic nitrogens is 2. The summed E-state index contributed by atoms with van der Waals surface area (Å²) in [5.74, 6) is -0.171. The first kappa shape index (κ1) is 11.7. The lowest BCUT2D eigenvalue weighted by Crippen LogP contribution is -2.24. The number of hydrazone groups is 1. The quantitative estimate of drug-likeness (QED) is 0.465. The average Bonchev–Trinajstić information content (AvgIpc) is 2.46. The molecule has 18 heavy (non-hydrogen) atoms. The molecule has 2 aromatic rings. The van der Waals surface area contributed by atoms with Crippen molar-refractivity contribution in [3.63, 3.8) is 0 Å². The van der Waals surface area contributed by atoms with Crippen LogP contribution in [0.2, 0.25) is 0 Å². The van der Waals surface area contributed by atoms with Gasteiger partial charge in [-0.05, 0) is 24.3 Å². The molecule has 0 atom stereocenters. The molecule has 0 aliphatic rings. The summed E-state index contributed by atoms with van der Waals surface area (Å²) in [4.78, 5) is 19.4. The van der Waals surface area contributed by atoms with E-state index in [9.17, 15) is 4.79 Å². The van der Waals surface area contributed by atoms with Crippen LogP contribution in [0.25, 0.3) is 0 Å². The molecule has 2 heterocycles. The van der Waals surface area contributed by atoms with E-state index in [0.29, 0.717) is 11.1 Å². The highest BCUT2D eigenvalue weighted by atomic mass is 16.2. The fourth-order valence-corrected chi connectivity index (χ4v) is 1.25. The number of rotatable bonds is 3. The Morgan fingerprint density at radius 1 is 1.11 bits per heavy atom. The SMILES string of the molecule is N/C(=N\NC(=O)c1cccnc1)c1cccnc1. The van der Waals surface area contributed by atoms with Crippen molar-refractivity contribution in [1.29, 1.82) is 0 Å². The first-order valence-corrected chi connectivity index (χ1v) is 5.21. The van der Waals surface area contributed by atoms with Gasteiger partial charge in [-0.15, -0.1) is 0 Å². The molecule has 0 saturated heterocycles. The highest BCUT2D eigenvalue weighted by Crippen LogP contribution is 1.96. The van der Waals surface area contributed by atoms with Crippen LogP contribution in [0, 0.1) is 0 Å². The summed E-state index contributed by atoms with van der Waals surface area (Å²) in [6.07, 6.45) is 6.23. The van der Waals surface area contributed by atoms with Crippen molar-refractivity contribution < 1.29 is 4.79 Å². The summed E-state index contributed by atoms with van der Waals surface area (Å²) in [5.41, 5.74) is 9.11. The molecule has 0 aliphatic heterocycles. The van der Waals surface area contributed by atoms with Crippen LogP contribution in [0.15, 0.2) is 54.2 Å². The Labute approximate surface area is 104 Å². The number of amidine groups is 1. The largest absolute Gasteiger partial charge is 0.382 e. The molecular formula is C12H11N5O. The maximum atomic E-state index is 11.7. The van der Waals surface area contributed by atoms with Gasteiger partial charge in [0.15, 0.2) is 5.84 Å². The van der Waals surface area contributed by atoms with Gasteiger partial charge in [-0.1, -0.05) is 0 Å². The van der Waals surface area contributed by atoms with Crippen molar-refractivity contribution in [2.24, 2.45) is 10.8 Å². The summed E-state index contributed by atoms with van der Waals surface area (Å²) >= 11 is 0. The van der Waals surface area contributed by atoms with E-state index in [0.717, 1.165) is 0 Å². The van der Waals surface area contributed by atoms with Crippen LogP contribution in [-0.2, 0) is 0 Å². The number of carbonyl (C=O) groups is 1. The van der Waals surface area contributed by atoms with Crippen LogP contribution in [0.4, 0.5) is 0 Å². The van der Waals surface area contributed by atoms with Crippen molar-refractivity contribution in [2.75, 3.05) is 0 Å². The second-order valence-corrected chi connectivity index (χ2v) is 3.42. The van der Waals surface area contributed by atoms with Crippen LogP contribution >= 0.6 is 0 Å². The lowest BCUT2D eigenvalue weighted by molar-refractivity contribution is 0.0954. The maximum absolute atomic E-state index is 11.7. The molecule has 2 rings (SSSR count). The van der Waals surface area contributed by atoms with Crippen LogP contribution in [-0.4, -0.2) is 21.7 Å². The fraction of sp³-hybridized carbons (Fsp3) is 0. The van der Waals surface area contributed by atoms with Gasteiger partial charge in [0, 0.05) is 30.4 Å². The van der Waals surface area contributed by atoms with Gasteiger partial charge in [0.2, 0.25) is 0 Å². The van der Waals surface area contributed by atoms with Crippen molar-refractivity contribution >= 4 is 11.7 Å². The second-order valence-electron chi connectivity index (χ2n) is 3.42. The number of hydrogen-bond acceptors (Lipinski definition) is 4. The van der Waals surface area contributed by atoms with E-state index in [1.807, 2.05) is 0 Å². The first-order valence-electron chi connectivity index (χ1n) is 5.21.